The van der Waals surface area contributed by atoms with Crippen molar-refractivity contribution in [2.45, 2.75) is 104 Å². The molecular weight excluding hydrogens is 650 g/mol. The average Bonchev–Trinajstić information content (AvgIpc) is 3.62. The van der Waals surface area contributed by atoms with Crippen LogP contribution in [-0.4, -0.2) is 91.2 Å². The number of likely N-dealkylation sites (tertiary alicyclic amines) is 1. The van der Waals surface area contributed by atoms with Crippen LogP contribution in [-0.2, 0) is 23.9 Å². The zero-order chi connectivity index (χ0) is 37.3. The van der Waals surface area contributed by atoms with Crippen molar-refractivity contribution in [1.29, 1.82) is 0 Å². The predicted octanol–water partition coefficient (Wildman–Crippen LogP) is 4.06. The van der Waals surface area contributed by atoms with Crippen LogP contribution in [0, 0.1) is 11.8 Å². The molecule has 12 nitrogen and oxygen atoms in total. The summed E-state index contributed by atoms with van der Waals surface area (Å²) in [5.41, 5.74) is 0.968. The van der Waals surface area contributed by atoms with Gasteiger partial charge in [-0.15, -0.1) is 0 Å². The molecule has 2 aromatic rings. The van der Waals surface area contributed by atoms with E-state index in [1.807, 2.05) is 47.6 Å². The van der Waals surface area contributed by atoms with Gasteiger partial charge in [0.05, 0.1) is 6.04 Å². The van der Waals surface area contributed by atoms with Gasteiger partial charge in [0.25, 0.3) is 11.8 Å². The van der Waals surface area contributed by atoms with Crippen LogP contribution in [0.2, 0.25) is 0 Å². The number of hydrogen-bond donors (Lipinski definition) is 4. The number of unbranched alkanes of at least 4 members (excludes halogenated alkanes) is 1. The Morgan fingerprint density at radius 2 is 1.35 bits per heavy atom. The third-order valence-corrected chi connectivity index (χ3v) is 8.95. The number of nitrogens with one attached hydrogen (secondary N) is 4. The minimum Gasteiger partial charge on any atom is -0.352 e. The van der Waals surface area contributed by atoms with Crippen LogP contribution in [0.3, 0.4) is 0 Å². The van der Waals surface area contributed by atoms with Crippen LogP contribution in [0.1, 0.15) is 94.4 Å². The van der Waals surface area contributed by atoms with Crippen LogP contribution < -0.4 is 21.3 Å². The van der Waals surface area contributed by atoms with Crippen molar-refractivity contribution in [3.8, 4) is 0 Å². The Morgan fingerprint density at radius 1 is 0.765 bits per heavy atom. The Morgan fingerprint density at radius 3 is 1.90 bits per heavy atom. The lowest BCUT2D eigenvalue weighted by Gasteiger charge is -2.34. The number of rotatable bonds is 20. The maximum absolute atomic E-state index is 14.1. The fraction of sp³-hybridized carbons (Fsp3) is 0.564. The second kappa shape index (κ2) is 21.2. The summed E-state index contributed by atoms with van der Waals surface area (Å²) < 4.78 is 11.6. The van der Waals surface area contributed by atoms with Crippen LogP contribution >= 0.6 is 0 Å². The fourth-order valence-electron chi connectivity index (χ4n) is 6.11. The highest BCUT2D eigenvalue weighted by atomic mass is 16.7. The number of hydrogen-bond acceptors (Lipinski definition) is 7. The summed E-state index contributed by atoms with van der Waals surface area (Å²) in [5.74, 6) is -2.01. The quantitative estimate of drug-likeness (QED) is 0.120. The SMILES string of the molecule is CCOC(OCC)[C@@H](NC(=O)[C@@H]1CCCN1C(=O)[C@@H](NC(=O)[C@H](CCCCNC(=O)c1ccccc1)NC(=O)c1ccccc1)C(C)C)C(C)C. The van der Waals surface area contributed by atoms with Crippen molar-refractivity contribution < 1.29 is 33.4 Å². The molecule has 1 heterocycles. The second-order valence-electron chi connectivity index (χ2n) is 13.5. The Labute approximate surface area is 302 Å². The standard InChI is InChI=1S/C39H57N5O7/c1-7-50-39(51-8-2)33(27(5)6)43-37(48)31-23-17-25-44(31)38(49)32(26(3)4)42-36(47)30(41-35(46)29-20-13-10-14-21-29)22-15-16-24-40-34(45)28-18-11-9-12-19-28/h9-14,18-21,26-27,30-33,39H,7-8,15-17,22-25H2,1-6H3,(H,40,45)(H,41,46)(H,42,47)(H,43,48)/t30-,31-,32-,33-/m0/s1. The number of carbonyl (C=O) groups excluding carboxylic acids is 5. The molecule has 0 spiro atoms. The first-order valence-corrected chi connectivity index (χ1v) is 18.3. The molecule has 0 radical (unpaired) electrons. The van der Waals surface area contributed by atoms with Crippen LogP contribution in [0.25, 0.3) is 0 Å². The van der Waals surface area contributed by atoms with Gasteiger partial charge in [-0.05, 0) is 82.1 Å². The van der Waals surface area contributed by atoms with Gasteiger partial charge >= 0.3 is 0 Å². The molecule has 12 heteroatoms. The largest absolute Gasteiger partial charge is 0.352 e. The molecule has 4 atom stereocenters. The third kappa shape index (κ3) is 12.5. The van der Waals surface area contributed by atoms with Gasteiger partial charge in [-0.3, -0.25) is 24.0 Å². The molecule has 280 valence electrons. The summed E-state index contributed by atoms with van der Waals surface area (Å²) >= 11 is 0. The van der Waals surface area contributed by atoms with Crippen LogP contribution in [0.15, 0.2) is 60.7 Å². The molecule has 1 aliphatic heterocycles. The summed E-state index contributed by atoms with van der Waals surface area (Å²) in [6, 6.07) is 14.5. The van der Waals surface area contributed by atoms with Gasteiger partial charge in [0, 0.05) is 37.4 Å². The topological polar surface area (TPSA) is 155 Å². The van der Waals surface area contributed by atoms with Crippen molar-refractivity contribution in [3.05, 3.63) is 71.8 Å². The summed E-state index contributed by atoms with van der Waals surface area (Å²) in [4.78, 5) is 68.8. The first kappa shape index (κ1) is 41.1. The molecular formula is C39H57N5O7. The van der Waals surface area contributed by atoms with E-state index < -0.39 is 42.3 Å². The zero-order valence-corrected chi connectivity index (χ0v) is 31.0. The molecule has 4 N–H and O–H groups in total. The zero-order valence-electron chi connectivity index (χ0n) is 31.0. The summed E-state index contributed by atoms with van der Waals surface area (Å²) in [6.07, 6.45) is 1.90. The van der Waals surface area contributed by atoms with E-state index in [9.17, 15) is 24.0 Å². The van der Waals surface area contributed by atoms with E-state index in [1.54, 1.807) is 59.5 Å². The van der Waals surface area contributed by atoms with Crippen LogP contribution in [0.5, 0.6) is 0 Å². The Kier molecular flexibility index (Phi) is 17.1. The molecule has 0 saturated carbocycles. The van der Waals surface area contributed by atoms with Crippen molar-refractivity contribution in [2.75, 3.05) is 26.3 Å². The van der Waals surface area contributed by atoms with E-state index in [0.29, 0.717) is 63.1 Å². The van der Waals surface area contributed by atoms with E-state index in [2.05, 4.69) is 21.3 Å². The van der Waals surface area contributed by atoms with Gasteiger partial charge in [-0.2, -0.15) is 0 Å². The predicted molar refractivity (Wildman–Crippen MR) is 196 cm³/mol. The lowest BCUT2D eigenvalue weighted by atomic mass is 10.00. The van der Waals surface area contributed by atoms with Gasteiger partial charge in [0.2, 0.25) is 17.7 Å². The van der Waals surface area contributed by atoms with E-state index in [-0.39, 0.29) is 36.0 Å². The van der Waals surface area contributed by atoms with Gasteiger partial charge in [0.15, 0.2) is 6.29 Å². The first-order valence-electron chi connectivity index (χ1n) is 18.3. The summed E-state index contributed by atoms with van der Waals surface area (Å²) in [5, 5.41) is 11.7. The molecule has 51 heavy (non-hydrogen) atoms. The monoisotopic (exact) mass is 707 g/mol. The maximum atomic E-state index is 14.1. The Balaban J connectivity index is 1.70. The molecule has 1 aliphatic rings. The number of ether oxygens (including phenoxy) is 2. The highest BCUT2D eigenvalue weighted by Crippen LogP contribution is 2.22. The van der Waals surface area contributed by atoms with Gasteiger partial charge in [-0.25, -0.2) is 0 Å². The van der Waals surface area contributed by atoms with E-state index in [1.165, 1.54) is 0 Å². The number of carbonyl (C=O) groups is 5. The van der Waals surface area contributed by atoms with Crippen molar-refractivity contribution >= 4 is 29.5 Å². The molecule has 1 fully saturated rings. The number of benzene rings is 2. The Hall–Kier alpha value is -4.29. The highest BCUT2D eigenvalue weighted by molar-refractivity contribution is 5.99. The van der Waals surface area contributed by atoms with E-state index in [0.717, 1.165) is 0 Å². The second-order valence-corrected chi connectivity index (χ2v) is 13.5. The van der Waals surface area contributed by atoms with Crippen LogP contribution in [0.4, 0.5) is 0 Å². The summed E-state index contributed by atoms with van der Waals surface area (Å²) in [6.45, 7) is 13.0. The average molecular weight is 708 g/mol. The van der Waals surface area contributed by atoms with Gasteiger partial charge < -0.3 is 35.6 Å². The third-order valence-electron chi connectivity index (χ3n) is 8.95. The molecule has 1 saturated heterocycles. The summed E-state index contributed by atoms with van der Waals surface area (Å²) in [7, 11) is 0. The molecule has 0 aromatic heterocycles. The highest BCUT2D eigenvalue weighted by Gasteiger charge is 2.41. The van der Waals surface area contributed by atoms with Gasteiger partial charge in [-0.1, -0.05) is 64.1 Å². The molecule has 0 bridgehead atoms. The molecule has 0 unspecified atom stereocenters. The van der Waals surface area contributed by atoms with E-state index >= 15 is 0 Å². The lowest BCUT2D eigenvalue weighted by Crippen LogP contribution is -2.59. The van der Waals surface area contributed by atoms with Gasteiger partial charge in [0.1, 0.15) is 18.1 Å². The lowest BCUT2D eigenvalue weighted by molar-refractivity contribution is -0.166. The minimum atomic E-state index is -0.935. The number of nitrogens with zero attached hydrogens (tertiary/aromatic N) is 1. The normalized spacial score (nSPS) is 16.1. The molecule has 3 rings (SSSR count). The number of amides is 5. The maximum Gasteiger partial charge on any atom is 0.251 e. The molecule has 0 aliphatic carbocycles. The minimum absolute atomic E-state index is 0.00784. The fourth-order valence-corrected chi connectivity index (χ4v) is 6.11. The molecule has 5 amide bonds. The smallest absolute Gasteiger partial charge is 0.251 e. The Bertz CT molecular complexity index is 1400. The van der Waals surface area contributed by atoms with E-state index in [4.69, 9.17) is 9.47 Å². The van der Waals surface area contributed by atoms with Crippen molar-refractivity contribution in [3.63, 3.8) is 0 Å². The van der Waals surface area contributed by atoms with Crippen molar-refractivity contribution in [2.24, 2.45) is 11.8 Å². The first-order chi connectivity index (χ1) is 24.5. The molecule has 2 aromatic carbocycles. The van der Waals surface area contributed by atoms with Crippen molar-refractivity contribution in [1.82, 2.24) is 26.2 Å².